The first-order valence-electron chi connectivity index (χ1n) is 8.15. The molecule has 0 bridgehead atoms. The molecule has 2 fully saturated rings. The second-order valence-corrected chi connectivity index (χ2v) is 8.74. The Morgan fingerprint density at radius 2 is 1.71 bits per heavy atom. The van der Waals surface area contributed by atoms with Crippen molar-refractivity contribution in [2.24, 2.45) is 0 Å². The second kappa shape index (κ2) is 6.27. The highest BCUT2D eigenvalue weighted by Crippen LogP contribution is 2.29. The summed E-state index contributed by atoms with van der Waals surface area (Å²) in [5.41, 5.74) is 2.20. The van der Waals surface area contributed by atoms with E-state index in [9.17, 15) is 8.42 Å². The molecule has 0 radical (unpaired) electrons. The molecule has 2 aliphatic heterocycles. The lowest BCUT2D eigenvalue weighted by atomic mass is 10.0. The Kier molecular flexibility index (Phi) is 4.11. The van der Waals surface area contributed by atoms with E-state index >= 15 is 0 Å². The van der Waals surface area contributed by atoms with E-state index in [1.54, 1.807) is 18.7 Å². The first-order valence-corrected chi connectivity index (χ1v) is 9.97. The topological polar surface area (TPSA) is 82.2 Å². The Morgan fingerprint density at radius 1 is 1.04 bits per heavy atom. The zero-order valence-corrected chi connectivity index (χ0v) is 14.2. The molecule has 4 heterocycles. The number of piperazine rings is 1. The lowest BCUT2D eigenvalue weighted by molar-refractivity contribution is 0.0348. The summed E-state index contributed by atoms with van der Waals surface area (Å²) in [5.74, 6) is 0.501. The van der Waals surface area contributed by atoms with Crippen LogP contribution in [0.2, 0.25) is 0 Å². The van der Waals surface area contributed by atoms with E-state index in [2.05, 4.69) is 24.8 Å². The number of hydrogen-bond acceptors (Lipinski definition) is 6. The van der Waals surface area contributed by atoms with Crippen molar-refractivity contribution in [3.05, 3.63) is 48.3 Å². The molecule has 0 aliphatic carbocycles. The van der Waals surface area contributed by atoms with E-state index in [4.69, 9.17) is 0 Å². The summed E-state index contributed by atoms with van der Waals surface area (Å²) < 4.78 is 24.5. The molecule has 2 aliphatic rings. The minimum Gasteiger partial charge on any atom is -0.347 e. The van der Waals surface area contributed by atoms with Crippen molar-refractivity contribution in [1.29, 1.82) is 0 Å². The van der Waals surface area contributed by atoms with E-state index in [0.717, 1.165) is 31.9 Å². The van der Waals surface area contributed by atoms with Gasteiger partial charge in [-0.2, -0.15) is 0 Å². The summed E-state index contributed by atoms with van der Waals surface area (Å²) in [5, 5.41) is 0. The van der Waals surface area contributed by atoms with Gasteiger partial charge in [-0.3, -0.25) is 14.8 Å². The van der Waals surface area contributed by atoms with Crippen molar-refractivity contribution in [3.63, 3.8) is 0 Å². The van der Waals surface area contributed by atoms with Crippen LogP contribution in [0.5, 0.6) is 0 Å². The van der Waals surface area contributed by atoms with Gasteiger partial charge in [-0.05, 0) is 17.7 Å². The fourth-order valence-corrected chi connectivity index (χ4v) is 5.84. The molecule has 2 atom stereocenters. The third-order valence-corrected chi connectivity index (χ3v) is 6.67. The molecule has 2 aromatic rings. The summed E-state index contributed by atoms with van der Waals surface area (Å²) >= 11 is 0. The molecular weight excluding hydrogens is 326 g/mol. The zero-order valence-electron chi connectivity index (χ0n) is 13.4. The largest absolute Gasteiger partial charge is 0.347 e. The standard InChI is InChI=1S/C16H21N5O2S/c22-24(23)10-15-16(11-24)21(9-14-7-18-12-19-14)6-5-20(15)8-13-1-3-17-4-2-13/h1-4,7,12,15-16H,5-6,8-11H2,(H,18,19)/t15-,16+/m1/s1. The molecule has 24 heavy (non-hydrogen) atoms. The summed E-state index contributed by atoms with van der Waals surface area (Å²) in [6.07, 6.45) is 7.04. The van der Waals surface area contributed by atoms with Gasteiger partial charge in [0, 0.05) is 62.5 Å². The van der Waals surface area contributed by atoms with E-state index in [-0.39, 0.29) is 23.6 Å². The van der Waals surface area contributed by atoms with Crippen LogP contribution in [0.15, 0.2) is 37.1 Å². The smallest absolute Gasteiger partial charge is 0.153 e. The van der Waals surface area contributed by atoms with Crippen LogP contribution in [-0.4, -0.2) is 69.8 Å². The van der Waals surface area contributed by atoms with Gasteiger partial charge in [0.25, 0.3) is 0 Å². The molecule has 7 nitrogen and oxygen atoms in total. The van der Waals surface area contributed by atoms with Gasteiger partial charge in [-0.25, -0.2) is 13.4 Å². The molecule has 0 amide bonds. The predicted molar refractivity (Wildman–Crippen MR) is 89.9 cm³/mol. The summed E-state index contributed by atoms with van der Waals surface area (Å²) in [7, 11) is -2.99. The number of nitrogens with zero attached hydrogens (tertiary/aromatic N) is 4. The Bertz CT molecular complexity index is 778. The van der Waals surface area contributed by atoms with Gasteiger partial charge in [0.2, 0.25) is 0 Å². The number of aromatic amines is 1. The summed E-state index contributed by atoms with van der Waals surface area (Å²) in [6, 6.07) is 4.10. The predicted octanol–water partition coefficient (Wildman–Crippen LogP) is 0.288. The highest BCUT2D eigenvalue weighted by molar-refractivity contribution is 7.91. The molecule has 8 heteroatoms. The molecule has 4 rings (SSSR count). The zero-order chi connectivity index (χ0) is 16.6. The van der Waals surface area contributed by atoms with Crippen LogP contribution >= 0.6 is 0 Å². The third-order valence-electron chi connectivity index (χ3n) is 4.97. The second-order valence-electron chi connectivity index (χ2n) is 6.58. The maximum atomic E-state index is 12.3. The normalized spacial score (nSPS) is 27.2. The quantitative estimate of drug-likeness (QED) is 0.856. The minimum atomic E-state index is -2.99. The number of imidazole rings is 1. The van der Waals surface area contributed by atoms with Gasteiger partial charge < -0.3 is 4.98 Å². The van der Waals surface area contributed by atoms with Gasteiger partial charge >= 0.3 is 0 Å². The Hall–Kier alpha value is -1.77. The lowest BCUT2D eigenvalue weighted by Gasteiger charge is -2.43. The fraction of sp³-hybridized carbons (Fsp3) is 0.500. The maximum absolute atomic E-state index is 12.3. The highest BCUT2D eigenvalue weighted by atomic mass is 32.2. The maximum Gasteiger partial charge on any atom is 0.153 e. The molecule has 128 valence electrons. The molecular formula is C16H21N5O2S. The van der Waals surface area contributed by atoms with E-state index in [0.29, 0.717) is 0 Å². The molecule has 2 aromatic heterocycles. The summed E-state index contributed by atoms with van der Waals surface area (Å²) in [6.45, 7) is 3.23. The van der Waals surface area contributed by atoms with Crippen LogP contribution in [0, 0.1) is 0 Å². The van der Waals surface area contributed by atoms with Crippen LogP contribution in [0.3, 0.4) is 0 Å². The van der Waals surface area contributed by atoms with Gasteiger partial charge in [0.15, 0.2) is 9.84 Å². The lowest BCUT2D eigenvalue weighted by Crippen LogP contribution is -2.58. The number of fused-ring (bicyclic) bond motifs is 1. The molecule has 0 saturated carbocycles. The first-order chi connectivity index (χ1) is 11.6. The van der Waals surface area contributed by atoms with Crippen molar-refractivity contribution in [2.45, 2.75) is 25.2 Å². The fourth-order valence-electron chi connectivity index (χ4n) is 3.80. The minimum absolute atomic E-state index is 0.0499. The number of sulfone groups is 1. The average molecular weight is 347 g/mol. The van der Waals surface area contributed by atoms with Crippen molar-refractivity contribution in [1.82, 2.24) is 24.8 Å². The molecule has 0 unspecified atom stereocenters. The Morgan fingerprint density at radius 3 is 2.33 bits per heavy atom. The highest BCUT2D eigenvalue weighted by Gasteiger charge is 2.46. The number of H-pyrrole nitrogens is 1. The number of pyridine rings is 1. The van der Waals surface area contributed by atoms with E-state index in [1.807, 2.05) is 18.3 Å². The molecule has 0 spiro atoms. The van der Waals surface area contributed by atoms with Crippen molar-refractivity contribution in [3.8, 4) is 0 Å². The van der Waals surface area contributed by atoms with Crippen molar-refractivity contribution < 1.29 is 8.42 Å². The molecule has 2 saturated heterocycles. The van der Waals surface area contributed by atoms with Gasteiger partial charge in [0.05, 0.1) is 17.8 Å². The van der Waals surface area contributed by atoms with Crippen LogP contribution in [0.1, 0.15) is 11.3 Å². The van der Waals surface area contributed by atoms with Crippen LogP contribution in [0.4, 0.5) is 0 Å². The summed E-state index contributed by atoms with van der Waals surface area (Å²) in [4.78, 5) is 15.8. The molecule has 1 N–H and O–H groups in total. The third kappa shape index (κ3) is 3.22. The number of aromatic nitrogens is 3. The number of nitrogens with one attached hydrogen (secondary N) is 1. The average Bonchev–Trinajstić information content (AvgIpc) is 3.17. The van der Waals surface area contributed by atoms with Gasteiger partial charge in [0.1, 0.15) is 0 Å². The molecule has 0 aromatic carbocycles. The first kappa shape index (κ1) is 15.7. The van der Waals surface area contributed by atoms with E-state index < -0.39 is 9.84 Å². The number of rotatable bonds is 4. The number of hydrogen-bond donors (Lipinski definition) is 1. The monoisotopic (exact) mass is 347 g/mol. The van der Waals surface area contributed by atoms with Gasteiger partial charge in [-0.1, -0.05) is 0 Å². The SMILES string of the molecule is O=S1(=O)C[C@@H]2[C@H](C1)N(Cc1cnc[nH]1)CCN2Cc1ccncc1. The van der Waals surface area contributed by atoms with Crippen LogP contribution in [-0.2, 0) is 22.9 Å². The van der Waals surface area contributed by atoms with Crippen LogP contribution in [0.25, 0.3) is 0 Å². The Balaban J connectivity index is 1.53. The van der Waals surface area contributed by atoms with Crippen molar-refractivity contribution in [2.75, 3.05) is 24.6 Å². The van der Waals surface area contributed by atoms with Crippen LogP contribution < -0.4 is 0 Å². The van der Waals surface area contributed by atoms with E-state index in [1.165, 1.54) is 5.56 Å². The Labute approximate surface area is 141 Å². The van der Waals surface area contributed by atoms with Gasteiger partial charge in [-0.15, -0.1) is 0 Å². The van der Waals surface area contributed by atoms with Crippen molar-refractivity contribution >= 4 is 9.84 Å².